The van der Waals surface area contributed by atoms with E-state index in [-0.39, 0.29) is 11.7 Å². The number of nitrogens with zero attached hydrogens (tertiary/aromatic N) is 2. The minimum Gasteiger partial charge on any atom is -0.497 e. The molecule has 34 heavy (non-hydrogen) atoms. The molecule has 1 saturated carbocycles. The molecule has 1 aliphatic rings. The Labute approximate surface area is 199 Å². The third-order valence-electron chi connectivity index (χ3n) is 6.48. The van der Waals surface area contributed by atoms with Crippen LogP contribution < -0.4 is 10.1 Å². The molecular weight excluding hydrogens is 426 g/mol. The predicted octanol–water partition coefficient (Wildman–Crippen LogP) is 6.88. The molecule has 6 heteroatoms. The van der Waals surface area contributed by atoms with Crippen molar-refractivity contribution in [3.8, 4) is 28.5 Å². The van der Waals surface area contributed by atoms with Crippen LogP contribution >= 0.6 is 0 Å². The molecule has 0 spiro atoms. The zero-order valence-corrected chi connectivity index (χ0v) is 19.6. The summed E-state index contributed by atoms with van der Waals surface area (Å²) in [6.45, 7) is 2.07. The third kappa shape index (κ3) is 4.49. The monoisotopic (exact) mass is 455 g/mol. The van der Waals surface area contributed by atoms with Crippen LogP contribution in [0, 0.1) is 6.92 Å². The van der Waals surface area contributed by atoms with E-state index in [1.165, 1.54) is 24.8 Å². The lowest BCUT2D eigenvalue weighted by molar-refractivity contribution is 0.0997. The highest BCUT2D eigenvalue weighted by molar-refractivity contribution is 6.02. The zero-order valence-electron chi connectivity index (χ0n) is 19.6. The van der Waals surface area contributed by atoms with Crippen molar-refractivity contribution < 1.29 is 13.9 Å². The summed E-state index contributed by atoms with van der Waals surface area (Å²) in [5.74, 6) is 1.27. The number of nitrogens with one attached hydrogen (secondary N) is 1. The molecule has 2 heterocycles. The second kappa shape index (κ2) is 9.59. The van der Waals surface area contributed by atoms with Gasteiger partial charge in [0.25, 0.3) is 5.91 Å². The second-order valence-electron chi connectivity index (χ2n) is 8.86. The average Bonchev–Trinajstić information content (AvgIpc) is 3.53. The number of furan rings is 1. The number of hydrogen-bond acceptors (Lipinski definition) is 4. The molecule has 2 aromatic heterocycles. The van der Waals surface area contributed by atoms with Crippen molar-refractivity contribution in [2.24, 2.45) is 0 Å². The van der Waals surface area contributed by atoms with Crippen LogP contribution in [0.2, 0.25) is 0 Å². The highest BCUT2D eigenvalue weighted by Gasteiger charge is 2.25. The van der Waals surface area contributed by atoms with Crippen molar-refractivity contribution in [3.63, 3.8) is 0 Å². The minimum atomic E-state index is -0.305. The summed E-state index contributed by atoms with van der Waals surface area (Å²) in [5, 5.41) is 2.89. The number of aryl methyl sites for hydroxylation is 1. The van der Waals surface area contributed by atoms with E-state index in [4.69, 9.17) is 14.1 Å². The highest BCUT2D eigenvalue weighted by atomic mass is 16.5. The fraction of sp³-hybridized carbons (Fsp3) is 0.286. The Morgan fingerprint density at radius 3 is 2.62 bits per heavy atom. The van der Waals surface area contributed by atoms with Crippen LogP contribution in [-0.4, -0.2) is 22.6 Å². The van der Waals surface area contributed by atoms with E-state index in [0.29, 0.717) is 23.2 Å². The molecule has 0 saturated heterocycles. The van der Waals surface area contributed by atoms with Gasteiger partial charge >= 0.3 is 0 Å². The van der Waals surface area contributed by atoms with E-state index in [1.807, 2.05) is 30.6 Å². The molecule has 1 N–H and O–H groups in total. The summed E-state index contributed by atoms with van der Waals surface area (Å²) >= 11 is 0. The van der Waals surface area contributed by atoms with Gasteiger partial charge < -0.3 is 19.0 Å². The Morgan fingerprint density at radius 2 is 1.85 bits per heavy atom. The van der Waals surface area contributed by atoms with Gasteiger partial charge in [-0.05, 0) is 44.0 Å². The van der Waals surface area contributed by atoms with Gasteiger partial charge in [0.15, 0.2) is 11.5 Å². The number of amides is 1. The largest absolute Gasteiger partial charge is 0.497 e. The lowest BCUT2D eigenvalue weighted by Crippen LogP contribution is -2.13. The van der Waals surface area contributed by atoms with Gasteiger partial charge in [-0.2, -0.15) is 0 Å². The molecule has 1 fully saturated rings. The summed E-state index contributed by atoms with van der Waals surface area (Å²) in [5.41, 5.74) is 4.69. The standard InChI is InChI=1S/C28H29N3O3/c1-19-11-13-20(14-12-19)26-27(31(18-29-26)22-8-4-3-5-9-22)24-15-16-25(34-24)28(32)30-21-7-6-10-23(17-21)33-2/h6-7,10-18,22H,3-5,8-9H2,1-2H3,(H,30,32). The summed E-state index contributed by atoms with van der Waals surface area (Å²) in [4.78, 5) is 17.7. The number of rotatable bonds is 6. The molecule has 174 valence electrons. The maximum absolute atomic E-state index is 12.9. The van der Waals surface area contributed by atoms with Crippen LogP contribution in [0.25, 0.3) is 22.7 Å². The van der Waals surface area contributed by atoms with Gasteiger partial charge in [-0.25, -0.2) is 4.98 Å². The fourth-order valence-corrected chi connectivity index (χ4v) is 4.64. The van der Waals surface area contributed by atoms with E-state index in [2.05, 4.69) is 41.1 Å². The first-order valence-electron chi connectivity index (χ1n) is 11.8. The maximum Gasteiger partial charge on any atom is 0.291 e. The molecule has 0 unspecified atom stereocenters. The summed E-state index contributed by atoms with van der Waals surface area (Å²) in [6.07, 6.45) is 7.89. The molecular formula is C28H29N3O3. The number of anilines is 1. The lowest BCUT2D eigenvalue weighted by atomic mass is 9.95. The van der Waals surface area contributed by atoms with Gasteiger partial charge in [-0.15, -0.1) is 0 Å². The summed E-state index contributed by atoms with van der Waals surface area (Å²) < 4.78 is 13.6. The number of ether oxygens (including phenoxy) is 1. The number of imidazole rings is 1. The number of carbonyl (C=O) groups excluding carboxylic acids is 1. The van der Waals surface area contributed by atoms with Crippen LogP contribution in [0.5, 0.6) is 5.75 Å². The first-order valence-corrected chi connectivity index (χ1v) is 11.8. The number of carbonyl (C=O) groups is 1. The molecule has 0 bridgehead atoms. The van der Waals surface area contributed by atoms with Gasteiger partial charge in [0.1, 0.15) is 11.4 Å². The predicted molar refractivity (Wildman–Crippen MR) is 133 cm³/mol. The molecule has 0 aliphatic heterocycles. The zero-order chi connectivity index (χ0) is 23.5. The molecule has 1 amide bonds. The molecule has 5 rings (SSSR count). The van der Waals surface area contributed by atoms with Crippen LogP contribution in [0.15, 0.2) is 71.4 Å². The van der Waals surface area contributed by atoms with E-state index in [0.717, 1.165) is 29.8 Å². The summed E-state index contributed by atoms with van der Waals surface area (Å²) in [6, 6.07) is 19.6. The van der Waals surface area contributed by atoms with Gasteiger partial charge in [0, 0.05) is 23.4 Å². The van der Waals surface area contributed by atoms with Crippen LogP contribution in [0.4, 0.5) is 5.69 Å². The third-order valence-corrected chi connectivity index (χ3v) is 6.48. The molecule has 6 nitrogen and oxygen atoms in total. The van der Waals surface area contributed by atoms with Crippen LogP contribution in [0.3, 0.4) is 0 Å². The van der Waals surface area contributed by atoms with Gasteiger partial charge in [-0.1, -0.05) is 55.2 Å². The SMILES string of the molecule is COc1cccc(NC(=O)c2ccc(-c3c(-c4ccc(C)cc4)ncn3C3CCCCC3)o2)c1. The van der Waals surface area contributed by atoms with E-state index in [9.17, 15) is 4.79 Å². The Balaban J connectivity index is 1.49. The van der Waals surface area contributed by atoms with E-state index in [1.54, 1.807) is 19.2 Å². The van der Waals surface area contributed by atoms with Crippen LogP contribution in [-0.2, 0) is 0 Å². The molecule has 0 radical (unpaired) electrons. The van der Waals surface area contributed by atoms with Crippen molar-refractivity contribution >= 4 is 11.6 Å². The normalized spacial score (nSPS) is 14.2. The average molecular weight is 456 g/mol. The first kappa shape index (κ1) is 22.0. The van der Waals surface area contributed by atoms with Crippen molar-refractivity contribution in [3.05, 3.63) is 78.3 Å². The molecule has 4 aromatic rings. The van der Waals surface area contributed by atoms with Gasteiger partial charge in [-0.3, -0.25) is 4.79 Å². The molecule has 2 aromatic carbocycles. The number of benzene rings is 2. The Kier molecular flexibility index (Phi) is 6.21. The van der Waals surface area contributed by atoms with Crippen LogP contribution in [0.1, 0.15) is 54.3 Å². The van der Waals surface area contributed by atoms with Crippen molar-refractivity contribution in [1.29, 1.82) is 0 Å². The quantitative estimate of drug-likeness (QED) is 0.344. The number of methoxy groups -OCH3 is 1. The number of hydrogen-bond donors (Lipinski definition) is 1. The van der Waals surface area contributed by atoms with Crippen molar-refractivity contribution in [2.45, 2.75) is 45.1 Å². The minimum absolute atomic E-state index is 0.254. The smallest absolute Gasteiger partial charge is 0.291 e. The van der Waals surface area contributed by atoms with E-state index >= 15 is 0 Å². The Hall–Kier alpha value is -3.80. The maximum atomic E-state index is 12.9. The lowest BCUT2D eigenvalue weighted by Gasteiger charge is -2.24. The summed E-state index contributed by atoms with van der Waals surface area (Å²) in [7, 11) is 1.60. The molecule has 1 aliphatic carbocycles. The Morgan fingerprint density at radius 1 is 1.06 bits per heavy atom. The Bertz CT molecular complexity index is 1280. The highest BCUT2D eigenvalue weighted by Crippen LogP contribution is 2.38. The second-order valence-corrected chi connectivity index (χ2v) is 8.86. The van der Waals surface area contributed by atoms with Gasteiger partial charge in [0.2, 0.25) is 0 Å². The van der Waals surface area contributed by atoms with E-state index < -0.39 is 0 Å². The topological polar surface area (TPSA) is 69.3 Å². The number of aromatic nitrogens is 2. The first-order chi connectivity index (χ1) is 16.6. The fourth-order valence-electron chi connectivity index (χ4n) is 4.64. The molecule has 0 atom stereocenters. The van der Waals surface area contributed by atoms with Gasteiger partial charge in [0.05, 0.1) is 19.1 Å². The van der Waals surface area contributed by atoms with Crippen molar-refractivity contribution in [1.82, 2.24) is 9.55 Å². The van der Waals surface area contributed by atoms with Crippen molar-refractivity contribution in [2.75, 3.05) is 12.4 Å².